The third kappa shape index (κ3) is 24.4. The summed E-state index contributed by atoms with van der Waals surface area (Å²) in [7, 11) is 33.4. The smallest absolute Gasteiger partial charge is 0.187 e. The maximum atomic E-state index is 7.74. The molecule has 30 aliphatic heterocycles. The Bertz CT molecular complexity index is 4240. The molecule has 30 saturated heterocycles. The number of ether oxygens (including phenoxy) is 40. The van der Waals surface area contributed by atoms with Crippen molar-refractivity contribution in [2.45, 2.75) is 257 Å². The Hall–Kier alpha value is -6.28. The van der Waals surface area contributed by atoms with Crippen molar-refractivity contribution in [1.29, 1.82) is 0 Å². The van der Waals surface area contributed by atoms with Gasteiger partial charge in [-0.25, -0.2) is 0 Å². The molecule has 148 heavy (non-hydrogen) atoms. The van der Waals surface area contributed by atoms with Gasteiger partial charge in [-0.2, -0.15) is 0 Å². The van der Waals surface area contributed by atoms with Crippen LogP contribution in [0.3, 0.4) is 0 Å². The second-order valence-electron chi connectivity index (χ2n) is 37.3. The molecule has 36 rings (SSSR count). The zero-order chi connectivity index (χ0) is 105. The first-order valence-corrected chi connectivity index (χ1v) is 49.9. The van der Waals surface area contributed by atoms with Crippen LogP contribution in [0.2, 0.25) is 0 Å². The third-order valence-electron chi connectivity index (χ3n) is 29.4. The fraction of sp³-hybridized carbons (Fsp3) is 0.667. The van der Waals surface area contributed by atoms with E-state index >= 15 is 0 Å². The average molecular weight is 2090 g/mol. The Morgan fingerprint density at radius 1 is 0.149 bits per heavy atom. The molecule has 0 spiro atoms. The van der Waals surface area contributed by atoms with E-state index in [1.54, 1.807) is 0 Å². The Labute approximate surface area is 866 Å². The first-order valence-electron chi connectivity index (χ1n) is 49.9. The first-order chi connectivity index (χ1) is 72.4. The average Bonchev–Trinajstić information content (AvgIpc) is 0.762. The molecule has 0 aliphatic carbocycles. The fourth-order valence-electron chi connectivity index (χ4n) is 22.6. The van der Waals surface area contributed by atoms with Gasteiger partial charge in [-0.05, 0) is 33.4 Å². The monoisotopic (exact) mass is 2090 g/mol. The van der Waals surface area contributed by atoms with Crippen LogP contribution in [0.1, 0.15) is 33.4 Å². The molecule has 0 aromatic heterocycles. The van der Waals surface area contributed by atoms with Crippen molar-refractivity contribution in [1.82, 2.24) is 0 Å². The molecule has 30 fully saturated rings. The van der Waals surface area contributed by atoms with Gasteiger partial charge >= 0.3 is 0 Å². The summed E-state index contributed by atoms with van der Waals surface area (Å²) in [5.74, 6) is 0. The fourth-order valence-corrected chi connectivity index (χ4v) is 22.6. The van der Waals surface area contributed by atoms with Crippen LogP contribution in [0.25, 0.3) is 0 Å². The molecule has 0 unspecified atom stereocenters. The van der Waals surface area contributed by atoms with E-state index in [0.717, 1.165) is 33.4 Å². The lowest BCUT2D eigenvalue weighted by Gasteiger charge is -2.53. The molecule has 16 bridgehead atoms. The van der Waals surface area contributed by atoms with Crippen molar-refractivity contribution in [3.63, 3.8) is 0 Å². The molecule has 0 radical (unpaired) electrons. The zero-order valence-electron chi connectivity index (χ0n) is 88.4. The van der Waals surface area contributed by atoms with Gasteiger partial charge in [0.15, 0.2) is 50.3 Å². The standard InChI is InChI=1S/C108H152O40/c1-109-53-67-75-83(115-7)91(123-15)99(133-67)143-77-69(55-111-3)137-103(95(127-19)85(77)117-9)147-81-73(59-131-107(61-41-29-23-30-42-61,62-43-31-24-32-44-62)63-45-33-25-34-46-63)140-106(98(130-22)89(81)121-13)146-80-72(58-114-6)136-102(94(126-18)88(80)120-12)142-76-68(54-110-2)134-100(92(124-16)84(76)116-8)144-78-70(56-112-4)138-104(96(128-20)86(78)118-10)148-82-74(60-132-108(64-47-35-26-36-48-64,65-49-37-27-38-50-65)66-51-39-28-40-52-66)139-105(97(129-21)90(82)122-14)145-79-71(57-113-5)135-101(141-75)93(125-17)87(79)119-11/h23-52,67-106H,53-60H2,1-22H3/t67-,68-,69-,70-,71-,72-,73-,74-,75-,76-,77-,78-,79-,80-,81-,82-,83-,84+,85+,86+,87+,88+,89+,90+,91-,92-,93-,94-,95-,96-,97-,98-,99-,100-,101-,102-,103-,104-,105-,106-/m1/s1. The Morgan fingerprint density at radius 3 is 0.372 bits per heavy atom. The summed E-state index contributed by atoms with van der Waals surface area (Å²) in [5, 5.41) is 0. The predicted molar refractivity (Wildman–Crippen MR) is 523 cm³/mol. The number of rotatable bonds is 40. The van der Waals surface area contributed by atoms with E-state index in [1.807, 2.05) is 182 Å². The predicted octanol–water partition coefficient (Wildman–Crippen LogP) is 7.02. The van der Waals surface area contributed by atoms with Crippen LogP contribution in [0.15, 0.2) is 182 Å². The highest BCUT2D eigenvalue weighted by Gasteiger charge is 2.64. The van der Waals surface area contributed by atoms with E-state index in [4.69, 9.17) is 189 Å². The van der Waals surface area contributed by atoms with E-state index < -0.39 is 257 Å². The SMILES string of the molecule is COC[C@H]1O[C@@H]2O[C@H]3[C@H](OC)[C@@H](OC)[C@@H](O[C@H]4[C@H](OC)[C@@H](OC)[C@@H](O[C@H]5[C@H](OC)[C@@H](OC)[C@@H](O[C@H]6[C@@H](OC)[C@@H](OC)[C@@H](O[C@H]7[C@H](OC)[C@@H](OC)[C@@H](O[C@H]8[C@H](OC)[C@@H](OC)[C@@H](O[C@H]9[C@H](OC)[C@@H](OC)[C@@H](O[C@H]1[C@H](OC)[C@H]2OC)O[C@@H]9COC)O[C@@H]8COC(c1ccccc1)(c1ccccc1)c1ccccc1)O[C@@H]7COC)O[C@@H]6COC)O[C@@H]5COC)O[C@@H]4COC(c1ccccc1)(c1ccccc1)c1ccccc1)O[C@@H]3COC. The Morgan fingerprint density at radius 2 is 0.264 bits per heavy atom. The highest BCUT2D eigenvalue weighted by molar-refractivity contribution is 5.49. The summed E-state index contributed by atoms with van der Waals surface area (Å²) in [6, 6.07) is 59.4. The van der Waals surface area contributed by atoms with Gasteiger partial charge in [0.25, 0.3) is 0 Å². The molecule has 0 saturated carbocycles. The second kappa shape index (κ2) is 55.9. The lowest BCUT2D eigenvalue weighted by molar-refractivity contribution is -0.410. The largest absolute Gasteiger partial charge is 0.382 e. The summed E-state index contributed by atoms with van der Waals surface area (Å²) >= 11 is 0. The molecular formula is C108H152O40. The molecule has 6 aromatic carbocycles. The first kappa shape index (κ1) is 116. The van der Waals surface area contributed by atoms with Crippen molar-refractivity contribution in [3.8, 4) is 0 Å². The quantitative estimate of drug-likeness (QED) is 0.0349. The van der Waals surface area contributed by atoms with Crippen LogP contribution in [0.4, 0.5) is 0 Å². The lowest BCUT2D eigenvalue weighted by atomic mass is 9.80. The minimum Gasteiger partial charge on any atom is -0.382 e. The summed E-state index contributed by atoms with van der Waals surface area (Å²) < 4.78 is 275. The molecule has 30 aliphatic rings. The molecular weight excluding hydrogens is 1940 g/mol. The van der Waals surface area contributed by atoms with Gasteiger partial charge in [-0.15, -0.1) is 0 Å². The van der Waals surface area contributed by atoms with Crippen molar-refractivity contribution >= 4 is 0 Å². The Kier molecular flexibility index (Phi) is 43.7. The van der Waals surface area contributed by atoms with E-state index in [-0.39, 0.29) is 52.9 Å². The van der Waals surface area contributed by atoms with Crippen LogP contribution in [0.5, 0.6) is 0 Å². The lowest BCUT2D eigenvalue weighted by Crippen LogP contribution is -2.70. The summed E-state index contributed by atoms with van der Waals surface area (Å²) in [5.41, 5.74) is 2.09. The van der Waals surface area contributed by atoms with Crippen LogP contribution < -0.4 is 0 Å². The minimum atomic E-state index is -1.40. The summed E-state index contributed by atoms with van der Waals surface area (Å²) in [6.07, 6.45) is -46.6. The highest BCUT2D eigenvalue weighted by Crippen LogP contribution is 2.49. The van der Waals surface area contributed by atoms with Gasteiger partial charge in [-0.1, -0.05) is 182 Å². The summed E-state index contributed by atoms with van der Waals surface area (Å²) in [4.78, 5) is 0. The highest BCUT2D eigenvalue weighted by atomic mass is 16.8. The molecule has 0 N–H and O–H groups in total. The van der Waals surface area contributed by atoms with Gasteiger partial charge in [0.05, 0.1) is 52.9 Å². The van der Waals surface area contributed by atoms with E-state index in [2.05, 4.69) is 0 Å². The number of benzene rings is 6. The molecule has 40 atom stereocenters. The van der Waals surface area contributed by atoms with Gasteiger partial charge in [0.1, 0.15) is 207 Å². The maximum absolute atomic E-state index is 7.74. The molecule has 824 valence electrons. The summed E-state index contributed by atoms with van der Waals surface area (Å²) in [6.45, 7) is -1.18. The van der Waals surface area contributed by atoms with Gasteiger partial charge in [0.2, 0.25) is 0 Å². The van der Waals surface area contributed by atoms with Crippen LogP contribution >= 0.6 is 0 Å². The van der Waals surface area contributed by atoms with Gasteiger partial charge in [0, 0.05) is 156 Å². The molecule has 0 amide bonds. The van der Waals surface area contributed by atoms with E-state index in [0.29, 0.717) is 0 Å². The molecule has 6 aromatic rings. The van der Waals surface area contributed by atoms with Gasteiger partial charge < -0.3 is 189 Å². The van der Waals surface area contributed by atoms with Crippen LogP contribution in [-0.2, 0) is 201 Å². The topological polar surface area (TPSA) is 369 Å². The number of hydrogen-bond acceptors (Lipinski definition) is 40. The number of methoxy groups -OCH3 is 22. The molecule has 40 nitrogen and oxygen atoms in total. The molecule has 40 heteroatoms. The van der Waals surface area contributed by atoms with E-state index in [1.165, 1.54) is 156 Å². The van der Waals surface area contributed by atoms with Crippen LogP contribution in [0, 0.1) is 0 Å². The van der Waals surface area contributed by atoms with Gasteiger partial charge in [-0.3, -0.25) is 0 Å². The van der Waals surface area contributed by atoms with E-state index in [9.17, 15) is 0 Å². The zero-order valence-corrected chi connectivity index (χ0v) is 88.4. The van der Waals surface area contributed by atoms with Crippen molar-refractivity contribution in [3.05, 3.63) is 215 Å². The minimum absolute atomic E-state index is 0.105. The van der Waals surface area contributed by atoms with Crippen molar-refractivity contribution in [2.75, 3.05) is 209 Å². The number of hydrogen-bond donors (Lipinski definition) is 0. The van der Waals surface area contributed by atoms with Crippen molar-refractivity contribution < 1.29 is 189 Å². The third-order valence-corrected chi connectivity index (χ3v) is 29.4. The molecule has 30 heterocycles. The normalized spacial score (nSPS) is 37.8. The second-order valence-corrected chi connectivity index (χ2v) is 37.3. The maximum Gasteiger partial charge on any atom is 0.187 e. The van der Waals surface area contributed by atoms with Crippen LogP contribution in [-0.4, -0.2) is 455 Å². The Balaban J connectivity index is 0.843. The van der Waals surface area contributed by atoms with Crippen molar-refractivity contribution in [2.24, 2.45) is 0 Å².